The van der Waals surface area contributed by atoms with Gasteiger partial charge in [-0.2, -0.15) is 0 Å². The first-order valence-electron chi connectivity index (χ1n) is 7.09. The van der Waals surface area contributed by atoms with E-state index in [1.165, 1.54) is 21.6 Å². The molecule has 0 aliphatic heterocycles. The molecule has 2 aromatic rings. The first-order chi connectivity index (χ1) is 9.67. The van der Waals surface area contributed by atoms with Gasteiger partial charge in [-0.3, -0.25) is 0 Å². The van der Waals surface area contributed by atoms with Crippen LogP contribution in [0.15, 0.2) is 29.6 Å². The van der Waals surface area contributed by atoms with E-state index in [-0.39, 0.29) is 6.04 Å². The molecule has 0 spiro atoms. The average molecular weight is 289 g/mol. The number of nitrogens with one attached hydrogen (secondary N) is 1. The molecule has 1 atom stereocenters. The number of hydrogen-bond donors (Lipinski definition) is 1. The van der Waals surface area contributed by atoms with Gasteiger partial charge in [0.25, 0.3) is 0 Å². The molecule has 2 nitrogen and oxygen atoms in total. The zero-order valence-electron chi connectivity index (χ0n) is 12.7. The molecular formula is C17H23NOS. The van der Waals surface area contributed by atoms with Crippen molar-refractivity contribution in [1.29, 1.82) is 0 Å². The zero-order chi connectivity index (χ0) is 14.5. The molecule has 0 saturated carbocycles. The van der Waals surface area contributed by atoms with Crippen LogP contribution < -0.4 is 10.1 Å². The molecule has 2 rings (SSSR count). The van der Waals surface area contributed by atoms with Crippen LogP contribution in [0.2, 0.25) is 0 Å². The molecule has 0 amide bonds. The second kappa shape index (κ2) is 6.91. The number of rotatable bonds is 6. The Morgan fingerprint density at radius 1 is 1.30 bits per heavy atom. The highest BCUT2D eigenvalue weighted by molar-refractivity contribution is 7.10. The normalized spacial score (nSPS) is 12.4. The third kappa shape index (κ3) is 3.22. The Morgan fingerprint density at radius 3 is 2.70 bits per heavy atom. The number of ether oxygens (including phenoxy) is 1. The van der Waals surface area contributed by atoms with Crippen molar-refractivity contribution >= 4 is 11.3 Å². The molecule has 0 radical (unpaired) electrons. The molecule has 1 unspecified atom stereocenters. The van der Waals surface area contributed by atoms with E-state index in [4.69, 9.17) is 4.74 Å². The Morgan fingerprint density at radius 2 is 2.10 bits per heavy atom. The fraction of sp³-hybridized carbons (Fsp3) is 0.412. The van der Waals surface area contributed by atoms with E-state index in [1.54, 1.807) is 18.4 Å². The zero-order valence-corrected chi connectivity index (χ0v) is 13.5. The van der Waals surface area contributed by atoms with Gasteiger partial charge in [0.1, 0.15) is 5.75 Å². The first-order valence-corrected chi connectivity index (χ1v) is 7.97. The Hall–Kier alpha value is -1.32. The molecule has 20 heavy (non-hydrogen) atoms. The minimum Gasteiger partial charge on any atom is -0.496 e. The molecule has 3 heteroatoms. The molecule has 0 bridgehead atoms. The number of methoxy groups -OCH3 is 1. The highest BCUT2D eigenvalue weighted by Gasteiger charge is 2.21. The van der Waals surface area contributed by atoms with Crippen molar-refractivity contribution in [2.24, 2.45) is 0 Å². The fourth-order valence-electron chi connectivity index (χ4n) is 2.57. The third-order valence-corrected chi connectivity index (χ3v) is 4.37. The smallest absolute Gasteiger partial charge is 0.124 e. The van der Waals surface area contributed by atoms with Crippen molar-refractivity contribution in [2.45, 2.75) is 33.2 Å². The van der Waals surface area contributed by atoms with E-state index in [1.807, 2.05) is 0 Å². The molecule has 0 fully saturated rings. The highest BCUT2D eigenvalue weighted by atomic mass is 32.1. The maximum Gasteiger partial charge on any atom is 0.124 e. The largest absolute Gasteiger partial charge is 0.496 e. The quantitative estimate of drug-likeness (QED) is 0.847. The molecule has 108 valence electrons. The van der Waals surface area contributed by atoms with E-state index in [9.17, 15) is 0 Å². The van der Waals surface area contributed by atoms with Gasteiger partial charge >= 0.3 is 0 Å². The number of hydrogen-bond acceptors (Lipinski definition) is 3. The lowest BCUT2D eigenvalue weighted by molar-refractivity contribution is 0.403. The van der Waals surface area contributed by atoms with Crippen LogP contribution >= 0.6 is 11.3 Å². The summed E-state index contributed by atoms with van der Waals surface area (Å²) in [5.41, 5.74) is 3.78. The molecule has 1 aromatic heterocycles. The summed E-state index contributed by atoms with van der Waals surface area (Å²) in [4.78, 5) is 1.34. The first kappa shape index (κ1) is 15.1. The predicted molar refractivity (Wildman–Crippen MR) is 86.9 cm³/mol. The number of thiophene rings is 1. The van der Waals surface area contributed by atoms with Crippen LogP contribution in [0.25, 0.3) is 0 Å². The van der Waals surface area contributed by atoms with Crippen LogP contribution in [0.4, 0.5) is 0 Å². The van der Waals surface area contributed by atoms with Crippen molar-refractivity contribution in [3.63, 3.8) is 0 Å². The Labute approximate surface area is 125 Å². The average Bonchev–Trinajstić information content (AvgIpc) is 2.94. The van der Waals surface area contributed by atoms with Gasteiger partial charge in [-0.25, -0.2) is 0 Å². The maximum absolute atomic E-state index is 5.63. The van der Waals surface area contributed by atoms with Crippen LogP contribution in [0, 0.1) is 13.8 Å². The highest BCUT2D eigenvalue weighted by Crippen LogP contribution is 2.35. The minimum absolute atomic E-state index is 0.213. The van der Waals surface area contributed by atoms with E-state index in [0.717, 1.165) is 18.7 Å². The summed E-state index contributed by atoms with van der Waals surface area (Å²) in [5.74, 6) is 0.976. The van der Waals surface area contributed by atoms with E-state index < -0.39 is 0 Å². The Balaban J connectivity index is 2.48. The van der Waals surface area contributed by atoms with Gasteiger partial charge in [-0.1, -0.05) is 19.1 Å². The van der Waals surface area contributed by atoms with Gasteiger partial charge in [0.15, 0.2) is 0 Å². The Kier molecular flexibility index (Phi) is 5.21. The molecule has 0 aliphatic rings. The summed E-state index contributed by atoms with van der Waals surface area (Å²) in [5, 5.41) is 5.78. The molecule has 1 heterocycles. The second-order valence-corrected chi connectivity index (χ2v) is 6.08. The second-order valence-electron chi connectivity index (χ2n) is 5.10. The summed E-state index contributed by atoms with van der Waals surface area (Å²) in [6, 6.07) is 8.86. The summed E-state index contributed by atoms with van der Waals surface area (Å²) >= 11 is 1.79. The summed E-state index contributed by atoms with van der Waals surface area (Å²) in [6.07, 6.45) is 1.12. The van der Waals surface area contributed by atoms with Gasteiger partial charge in [-0.15, -0.1) is 11.3 Å². The summed E-state index contributed by atoms with van der Waals surface area (Å²) in [6.45, 7) is 7.47. The van der Waals surface area contributed by atoms with Crippen LogP contribution in [0.5, 0.6) is 5.75 Å². The molecule has 1 aromatic carbocycles. The van der Waals surface area contributed by atoms with Crippen LogP contribution in [-0.2, 0) is 0 Å². The van der Waals surface area contributed by atoms with Gasteiger partial charge in [-0.05, 0) is 55.5 Å². The van der Waals surface area contributed by atoms with Crippen molar-refractivity contribution < 1.29 is 4.74 Å². The minimum atomic E-state index is 0.213. The lowest BCUT2D eigenvalue weighted by Crippen LogP contribution is -2.23. The third-order valence-electron chi connectivity index (χ3n) is 3.43. The van der Waals surface area contributed by atoms with E-state index >= 15 is 0 Å². The standard InChI is InChI=1S/C17H23NOS/c1-5-8-18-17(15-7-6-9-20-15)16-13(3)10-12(2)11-14(16)19-4/h6-7,9-11,17-18H,5,8H2,1-4H3. The Bertz CT molecular complexity index is 548. The monoisotopic (exact) mass is 289 g/mol. The lowest BCUT2D eigenvalue weighted by Gasteiger charge is -2.23. The van der Waals surface area contributed by atoms with Crippen LogP contribution in [0.3, 0.4) is 0 Å². The van der Waals surface area contributed by atoms with Gasteiger partial charge in [0.05, 0.1) is 13.2 Å². The van der Waals surface area contributed by atoms with Crippen molar-refractivity contribution in [3.05, 3.63) is 51.2 Å². The molecule has 0 aliphatic carbocycles. The SMILES string of the molecule is CCCNC(c1cccs1)c1c(C)cc(C)cc1OC. The van der Waals surface area contributed by atoms with Gasteiger partial charge in [0.2, 0.25) is 0 Å². The van der Waals surface area contributed by atoms with Crippen molar-refractivity contribution in [2.75, 3.05) is 13.7 Å². The predicted octanol–water partition coefficient (Wildman–Crippen LogP) is 4.46. The van der Waals surface area contributed by atoms with Crippen LogP contribution in [0.1, 0.15) is 41.0 Å². The topological polar surface area (TPSA) is 21.3 Å². The van der Waals surface area contributed by atoms with E-state index in [0.29, 0.717) is 0 Å². The molecular weight excluding hydrogens is 266 g/mol. The van der Waals surface area contributed by atoms with Crippen LogP contribution in [-0.4, -0.2) is 13.7 Å². The molecule has 1 N–H and O–H groups in total. The van der Waals surface area contributed by atoms with E-state index in [2.05, 4.69) is 55.7 Å². The molecule has 0 saturated heterocycles. The number of benzene rings is 1. The van der Waals surface area contributed by atoms with Crippen molar-refractivity contribution in [3.8, 4) is 5.75 Å². The summed E-state index contributed by atoms with van der Waals surface area (Å²) < 4.78 is 5.63. The number of aryl methyl sites for hydroxylation is 2. The summed E-state index contributed by atoms with van der Waals surface area (Å²) in [7, 11) is 1.75. The van der Waals surface area contributed by atoms with Gasteiger partial charge < -0.3 is 10.1 Å². The van der Waals surface area contributed by atoms with Crippen molar-refractivity contribution in [1.82, 2.24) is 5.32 Å². The lowest BCUT2D eigenvalue weighted by atomic mass is 9.96. The maximum atomic E-state index is 5.63. The van der Waals surface area contributed by atoms with Gasteiger partial charge in [0, 0.05) is 10.4 Å². The fourth-order valence-corrected chi connectivity index (χ4v) is 3.38.